The van der Waals surface area contributed by atoms with Crippen LogP contribution in [-0.2, 0) is 4.74 Å². The molecule has 3 aromatic rings. The summed E-state index contributed by atoms with van der Waals surface area (Å²) in [5.41, 5.74) is 7.48. The average molecular weight is 379 g/mol. The van der Waals surface area contributed by atoms with Gasteiger partial charge in [-0.2, -0.15) is 15.2 Å². The van der Waals surface area contributed by atoms with Gasteiger partial charge in [0, 0.05) is 17.4 Å². The van der Waals surface area contributed by atoms with Crippen LogP contribution in [0.25, 0.3) is 17.1 Å². The normalized spacial score (nSPS) is 10.2. The van der Waals surface area contributed by atoms with Crippen molar-refractivity contribution in [2.75, 3.05) is 27.1 Å². The number of benzene rings is 1. The lowest BCUT2D eigenvalue weighted by molar-refractivity contribution is 0.0593. The molecule has 0 saturated carbocycles. The molecule has 1 aromatic carbocycles. The first kappa shape index (κ1) is 18.7. The molecule has 9 heteroatoms. The van der Waals surface area contributed by atoms with Gasteiger partial charge in [-0.25, -0.2) is 4.79 Å². The fourth-order valence-electron chi connectivity index (χ4n) is 2.66. The second kappa shape index (κ2) is 7.67. The summed E-state index contributed by atoms with van der Waals surface area (Å²) in [7, 11) is 4.24. The standard InChI is InChI=1S/C19H17N5O4/c1-26-14-8-15(27-2)23-18(22-14)11-5-4-6-13(7-11)24-10-12(9-20)16(21)17(24)19(25)28-3/h4-8,10H,21H2,1-3H3. The molecule has 28 heavy (non-hydrogen) atoms. The monoisotopic (exact) mass is 379 g/mol. The highest BCUT2D eigenvalue weighted by Crippen LogP contribution is 2.28. The molecule has 0 amide bonds. The number of esters is 1. The molecule has 0 unspecified atom stereocenters. The van der Waals surface area contributed by atoms with E-state index in [4.69, 9.17) is 19.9 Å². The Morgan fingerprint density at radius 1 is 1.14 bits per heavy atom. The molecule has 0 spiro atoms. The highest BCUT2D eigenvalue weighted by molar-refractivity contribution is 5.96. The van der Waals surface area contributed by atoms with Crippen LogP contribution in [0.2, 0.25) is 0 Å². The predicted octanol–water partition coefficient (Wildman–Crippen LogP) is 2.19. The van der Waals surface area contributed by atoms with Crippen LogP contribution >= 0.6 is 0 Å². The minimum atomic E-state index is -0.649. The van der Waals surface area contributed by atoms with E-state index in [1.807, 2.05) is 6.07 Å². The average Bonchev–Trinajstić information content (AvgIpc) is 3.09. The fourth-order valence-corrected chi connectivity index (χ4v) is 2.66. The van der Waals surface area contributed by atoms with Crippen LogP contribution in [0.1, 0.15) is 16.1 Å². The van der Waals surface area contributed by atoms with Crippen molar-refractivity contribution in [2.24, 2.45) is 0 Å². The number of hydrogen-bond acceptors (Lipinski definition) is 8. The summed E-state index contributed by atoms with van der Waals surface area (Å²) in [6, 6.07) is 10.6. The maximum Gasteiger partial charge on any atom is 0.357 e. The largest absolute Gasteiger partial charge is 0.481 e. The fraction of sp³-hybridized carbons (Fsp3) is 0.158. The van der Waals surface area contributed by atoms with Crippen LogP contribution in [0, 0.1) is 11.3 Å². The number of rotatable bonds is 5. The van der Waals surface area contributed by atoms with Gasteiger partial charge in [-0.15, -0.1) is 0 Å². The highest BCUT2D eigenvalue weighted by atomic mass is 16.5. The first-order valence-corrected chi connectivity index (χ1v) is 8.09. The van der Waals surface area contributed by atoms with Crippen LogP contribution in [0.5, 0.6) is 11.8 Å². The number of nitrogens with zero attached hydrogens (tertiary/aromatic N) is 4. The van der Waals surface area contributed by atoms with Gasteiger partial charge in [0.15, 0.2) is 11.5 Å². The molecular formula is C19H17N5O4. The first-order chi connectivity index (χ1) is 13.5. The number of aromatic nitrogens is 3. The van der Waals surface area contributed by atoms with E-state index in [1.165, 1.54) is 32.1 Å². The van der Waals surface area contributed by atoms with E-state index < -0.39 is 5.97 Å². The van der Waals surface area contributed by atoms with Gasteiger partial charge in [-0.1, -0.05) is 12.1 Å². The van der Waals surface area contributed by atoms with Crippen molar-refractivity contribution in [3.05, 3.63) is 47.8 Å². The molecule has 0 saturated heterocycles. The minimum absolute atomic E-state index is 0.0547. The zero-order valence-electron chi connectivity index (χ0n) is 15.5. The quantitative estimate of drug-likeness (QED) is 0.669. The lowest BCUT2D eigenvalue weighted by Gasteiger charge is -2.11. The van der Waals surface area contributed by atoms with Crippen LogP contribution in [0.3, 0.4) is 0 Å². The molecule has 0 radical (unpaired) electrons. The summed E-state index contributed by atoms with van der Waals surface area (Å²) >= 11 is 0. The molecule has 2 aromatic heterocycles. The molecule has 142 valence electrons. The van der Waals surface area contributed by atoms with Gasteiger partial charge < -0.3 is 24.5 Å². The SMILES string of the molecule is COC(=O)c1c(N)c(C#N)cn1-c1cccc(-c2nc(OC)cc(OC)n2)c1. The second-order valence-electron chi connectivity index (χ2n) is 5.61. The van der Waals surface area contributed by atoms with Crippen molar-refractivity contribution < 1.29 is 19.0 Å². The lowest BCUT2D eigenvalue weighted by Crippen LogP contribution is -2.11. The molecule has 0 aliphatic carbocycles. The highest BCUT2D eigenvalue weighted by Gasteiger charge is 2.22. The number of methoxy groups -OCH3 is 3. The molecule has 9 nitrogen and oxygen atoms in total. The van der Waals surface area contributed by atoms with Gasteiger partial charge in [0.2, 0.25) is 11.8 Å². The number of hydrogen-bond donors (Lipinski definition) is 1. The number of ether oxygens (including phenoxy) is 3. The number of nitrogen functional groups attached to an aromatic ring is 1. The van der Waals surface area contributed by atoms with E-state index in [2.05, 4.69) is 9.97 Å². The molecular weight excluding hydrogens is 362 g/mol. The summed E-state index contributed by atoms with van der Waals surface area (Å²) in [6.07, 6.45) is 1.48. The second-order valence-corrected chi connectivity index (χ2v) is 5.61. The molecule has 0 aliphatic rings. The van der Waals surface area contributed by atoms with Crippen LogP contribution < -0.4 is 15.2 Å². The summed E-state index contributed by atoms with van der Waals surface area (Å²) in [5.74, 6) is 0.418. The van der Waals surface area contributed by atoms with Gasteiger partial charge in [-0.05, 0) is 12.1 Å². The van der Waals surface area contributed by atoms with Crippen molar-refractivity contribution in [3.8, 4) is 34.9 Å². The molecule has 3 rings (SSSR count). The Morgan fingerprint density at radius 3 is 2.39 bits per heavy atom. The number of carbonyl (C=O) groups excluding carboxylic acids is 1. The zero-order valence-corrected chi connectivity index (χ0v) is 15.5. The van der Waals surface area contributed by atoms with E-state index in [9.17, 15) is 10.1 Å². The number of anilines is 1. The maximum atomic E-state index is 12.2. The van der Waals surface area contributed by atoms with Crippen molar-refractivity contribution in [1.82, 2.24) is 14.5 Å². The Kier molecular flexibility index (Phi) is 5.13. The Morgan fingerprint density at radius 2 is 1.82 bits per heavy atom. The maximum absolute atomic E-state index is 12.2. The van der Waals surface area contributed by atoms with E-state index >= 15 is 0 Å². The third-order valence-electron chi connectivity index (χ3n) is 4.02. The minimum Gasteiger partial charge on any atom is -0.481 e. The van der Waals surface area contributed by atoms with Crippen molar-refractivity contribution in [2.45, 2.75) is 0 Å². The smallest absolute Gasteiger partial charge is 0.357 e. The summed E-state index contributed by atoms with van der Waals surface area (Å²) in [6.45, 7) is 0. The Balaban J connectivity index is 2.16. The third kappa shape index (κ3) is 3.31. The van der Waals surface area contributed by atoms with Crippen LogP contribution in [0.4, 0.5) is 5.69 Å². The Labute approximate surface area is 160 Å². The lowest BCUT2D eigenvalue weighted by atomic mass is 10.2. The summed E-state index contributed by atoms with van der Waals surface area (Å²) in [5, 5.41) is 9.26. The number of nitriles is 1. The summed E-state index contributed by atoms with van der Waals surface area (Å²) in [4.78, 5) is 20.8. The van der Waals surface area contributed by atoms with Gasteiger partial charge in [0.25, 0.3) is 0 Å². The summed E-state index contributed by atoms with van der Waals surface area (Å²) < 4.78 is 16.7. The molecule has 2 N–H and O–H groups in total. The Hall–Kier alpha value is -4.06. The molecule has 0 bridgehead atoms. The van der Waals surface area contributed by atoms with Gasteiger partial charge in [0.05, 0.1) is 38.6 Å². The van der Waals surface area contributed by atoms with E-state index in [1.54, 1.807) is 30.3 Å². The van der Waals surface area contributed by atoms with Crippen LogP contribution in [0.15, 0.2) is 36.5 Å². The number of nitrogens with two attached hydrogens (primary N) is 1. The zero-order chi connectivity index (χ0) is 20.3. The van der Waals surface area contributed by atoms with Crippen LogP contribution in [-0.4, -0.2) is 41.8 Å². The van der Waals surface area contributed by atoms with Gasteiger partial charge in [-0.3, -0.25) is 0 Å². The first-order valence-electron chi connectivity index (χ1n) is 8.09. The van der Waals surface area contributed by atoms with Gasteiger partial charge in [0.1, 0.15) is 6.07 Å². The molecule has 0 atom stereocenters. The number of carbonyl (C=O) groups is 1. The molecule has 0 aliphatic heterocycles. The van der Waals surface area contributed by atoms with Crippen molar-refractivity contribution in [1.29, 1.82) is 5.26 Å². The predicted molar refractivity (Wildman–Crippen MR) is 100 cm³/mol. The Bertz CT molecular complexity index is 1060. The topological polar surface area (TPSA) is 125 Å². The van der Waals surface area contributed by atoms with Crippen molar-refractivity contribution in [3.63, 3.8) is 0 Å². The van der Waals surface area contributed by atoms with E-state index in [-0.39, 0.29) is 16.9 Å². The molecule has 2 heterocycles. The van der Waals surface area contributed by atoms with E-state index in [0.717, 1.165) is 0 Å². The van der Waals surface area contributed by atoms with Gasteiger partial charge >= 0.3 is 5.97 Å². The van der Waals surface area contributed by atoms with E-state index in [0.29, 0.717) is 28.8 Å². The molecule has 0 fully saturated rings. The van der Waals surface area contributed by atoms with Crippen molar-refractivity contribution >= 4 is 11.7 Å². The third-order valence-corrected chi connectivity index (χ3v) is 4.02.